The Labute approximate surface area is 152 Å². The Morgan fingerprint density at radius 3 is 3.00 bits per heavy atom. The van der Waals surface area contributed by atoms with Gasteiger partial charge in [-0.2, -0.15) is 0 Å². The lowest BCUT2D eigenvalue weighted by Crippen LogP contribution is -2.50. The van der Waals surface area contributed by atoms with Crippen LogP contribution in [0.5, 0.6) is 0 Å². The molecular formula is C19H24N4O3. The van der Waals surface area contributed by atoms with Crippen molar-refractivity contribution >= 4 is 5.97 Å². The van der Waals surface area contributed by atoms with E-state index in [1.165, 1.54) is 18.2 Å². The van der Waals surface area contributed by atoms with Gasteiger partial charge in [0.1, 0.15) is 0 Å². The number of hydrogen-bond acceptors (Lipinski definition) is 6. The van der Waals surface area contributed by atoms with Gasteiger partial charge in [-0.1, -0.05) is 11.3 Å². The van der Waals surface area contributed by atoms with Crippen molar-refractivity contribution in [1.82, 2.24) is 20.3 Å². The molecule has 2 aliphatic heterocycles. The Bertz CT molecular complexity index is 834. The maximum absolute atomic E-state index is 11.9. The number of nitrogens with zero attached hydrogens (tertiary/aromatic N) is 3. The summed E-state index contributed by atoms with van der Waals surface area (Å²) in [5, 5.41) is 12.0. The fraction of sp³-hybridized carbons (Fsp3) is 0.526. The van der Waals surface area contributed by atoms with Gasteiger partial charge in [0.15, 0.2) is 0 Å². The number of methoxy groups -OCH3 is 1. The van der Waals surface area contributed by atoms with Crippen molar-refractivity contribution in [3.63, 3.8) is 0 Å². The topological polar surface area (TPSA) is 78.3 Å². The fourth-order valence-corrected chi connectivity index (χ4v) is 4.35. The molecule has 0 saturated carbocycles. The average molecular weight is 356 g/mol. The van der Waals surface area contributed by atoms with E-state index in [0.717, 1.165) is 25.0 Å². The Kier molecular flexibility index (Phi) is 4.28. The summed E-state index contributed by atoms with van der Waals surface area (Å²) in [5.74, 6) is -0.301. The van der Waals surface area contributed by atoms with Crippen molar-refractivity contribution in [2.45, 2.75) is 43.9 Å². The largest absolute Gasteiger partial charge is 0.465 e. The SMILES string of the molecule is COC(=O)c1ccc2c(c1)CCOC21CC(C)NC(c2cn(C)nn2)C1. The molecule has 0 bridgehead atoms. The predicted molar refractivity (Wildman–Crippen MR) is 94.7 cm³/mol. The third kappa shape index (κ3) is 2.91. The van der Waals surface area contributed by atoms with Crippen LogP contribution in [-0.4, -0.2) is 40.7 Å². The van der Waals surface area contributed by atoms with E-state index in [0.29, 0.717) is 12.2 Å². The number of rotatable bonds is 2. The number of fused-ring (bicyclic) bond motifs is 2. The molecular weight excluding hydrogens is 332 g/mol. The number of hydrogen-bond donors (Lipinski definition) is 1. The number of carbonyl (C=O) groups is 1. The smallest absolute Gasteiger partial charge is 0.337 e. The lowest BCUT2D eigenvalue weighted by atomic mass is 9.74. The minimum atomic E-state index is -0.366. The average Bonchev–Trinajstić information content (AvgIpc) is 3.07. The van der Waals surface area contributed by atoms with Gasteiger partial charge in [0.05, 0.1) is 36.6 Å². The minimum absolute atomic E-state index is 0.0821. The molecule has 2 aliphatic rings. The van der Waals surface area contributed by atoms with E-state index >= 15 is 0 Å². The maximum atomic E-state index is 11.9. The van der Waals surface area contributed by atoms with E-state index in [2.05, 4.69) is 22.6 Å². The number of benzene rings is 1. The Morgan fingerprint density at radius 2 is 2.27 bits per heavy atom. The van der Waals surface area contributed by atoms with Crippen LogP contribution in [0.4, 0.5) is 0 Å². The second-order valence-corrected chi connectivity index (χ2v) is 7.30. The molecule has 0 aliphatic carbocycles. The standard InChI is InChI=1S/C19H24N4O3/c1-12-9-19(10-16(20-12)17-11-23(2)22-21-17)15-5-4-14(18(24)25-3)8-13(15)6-7-26-19/h4-5,8,11-12,16,20H,6-7,9-10H2,1-3H3. The molecule has 1 saturated heterocycles. The number of piperidine rings is 1. The zero-order valence-corrected chi connectivity index (χ0v) is 15.4. The van der Waals surface area contributed by atoms with Crippen molar-refractivity contribution in [2.24, 2.45) is 7.05 Å². The molecule has 1 fully saturated rings. The van der Waals surface area contributed by atoms with Crippen LogP contribution < -0.4 is 5.32 Å². The number of ether oxygens (including phenoxy) is 2. The van der Waals surface area contributed by atoms with Crippen LogP contribution in [0.2, 0.25) is 0 Å². The first-order valence-electron chi connectivity index (χ1n) is 8.99. The molecule has 3 heterocycles. The van der Waals surface area contributed by atoms with Gasteiger partial charge in [0, 0.05) is 25.7 Å². The van der Waals surface area contributed by atoms with Crippen LogP contribution in [0.3, 0.4) is 0 Å². The Balaban J connectivity index is 1.71. The number of nitrogens with one attached hydrogen (secondary N) is 1. The number of aromatic nitrogens is 3. The van der Waals surface area contributed by atoms with Gasteiger partial charge >= 0.3 is 5.97 Å². The summed E-state index contributed by atoms with van der Waals surface area (Å²) >= 11 is 0. The van der Waals surface area contributed by atoms with E-state index in [-0.39, 0.29) is 23.7 Å². The summed E-state index contributed by atoms with van der Waals surface area (Å²) in [6.07, 6.45) is 4.43. The third-order valence-electron chi connectivity index (χ3n) is 5.40. The van der Waals surface area contributed by atoms with Crippen molar-refractivity contribution < 1.29 is 14.3 Å². The van der Waals surface area contributed by atoms with Crippen LogP contribution >= 0.6 is 0 Å². The van der Waals surface area contributed by atoms with Crippen LogP contribution in [0.1, 0.15) is 53.0 Å². The highest BCUT2D eigenvalue weighted by Gasteiger charge is 2.45. The summed E-state index contributed by atoms with van der Waals surface area (Å²) in [6.45, 7) is 2.82. The highest BCUT2D eigenvalue weighted by Crippen LogP contribution is 2.46. The van der Waals surface area contributed by atoms with Crippen LogP contribution in [-0.2, 0) is 28.5 Å². The summed E-state index contributed by atoms with van der Waals surface area (Å²) in [7, 11) is 3.28. The van der Waals surface area contributed by atoms with Gasteiger partial charge < -0.3 is 14.8 Å². The monoisotopic (exact) mass is 356 g/mol. The molecule has 7 heteroatoms. The van der Waals surface area contributed by atoms with Gasteiger partial charge in [-0.25, -0.2) is 4.79 Å². The molecule has 4 rings (SSSR count). The highest BCUT2D eigenvalue weighted by atomic mass is 16.5. The van der Waals surface area contributed by atoms with Gasteiger partial charge in [-0.15, -0.1) is 5.10 Å². The number of carbonyl (C=O) groups excluding carboxylic acids is 1. The molecule has 0 radical (unpaired) electrons. The molecule has 1 spiro atoms. The Hall–Kier alpha value is -2.25. The predicted octanol–water partition coefficient (Wildman–Crippen LogP) is 1.88. The molecule has 0 amide bonds. The first kappa shape index (κ1) is 17.2. The zero-order chi connectivity index (χ0) is 18.3. The number of esters is 1. The van der Waals surface area contributed by atoms with Crippen molar-refractivity contribution in [3.05, 3.63) is 46.8 Å². The van der Waals surface area contributed by atoms with E-state index < -0.39 is 0 Å². The van der Waals surface area contributed by atoms with Crippen LogP contribution in [0, 0.1) is 0 Å². The molecule has 1 aromatic heterocycles. The molecule has 138 valence electrons. The minimum Gasteiger partial charge on any atom is -0.465 e. The van der Waals surface area contributed by atoms with E-state index in [1.54, 1.807) is 4.68 Å². The van der Waals surface area contributed by atoms with E-state index in [4.69, 9.17) is 9.47 Å². The molecule has 3 unspecified atom stereocenters. The van der Waals surface area contributed by atoms with Gasteiger partial charge in [0.2, 0.25) is 0 Å². The molecule has 26 heavy (non-hydrogen) atoms. The second kappa shape index (κ2) is 6.48. The lowest BCUT2D eigenvalue weighted by Gasteiger charge is -2.47. The summed E-state index contributed by atoms with van der Waals surface area (Å²) < 4.78 is 13.0. The number of aryl methyl sites for hydroxylation is 1. The molecule has 7 nitrogen and oxygen atoms in total. The molecule has 3 atom stereocenters. The maximum Gasteiger partial charge on any atom is 0.337 e. The molecule has 1 aromatic carbocycles. The summed E-state index contributed by atoms with van der Waals surface area (Å²) in [4.78, 5) is 11.9. The van der Waals surface area contributed by atoms with Crippen molar-refractivity contribution in [1.29, 1.82) is 0 Å². The first-order valence-corrected chi connectivity index (χ1v) is 8.99. The van der Waals surface area contributed by atoms with Crippen molar-refractivity contribution in [2.75, 3.05) is 13.7 Å². The van der Waals surface area contributed by atoms with Gasteiger partial charge in [-0.3, -0.25) is 4.68 Å². The molecule has 2 aromatic rings. The summed E-state index contributed by atoms with van der Waals surface area (Å²) in [6, 6.07) is 6.19. The van der Waals surface area contributed by atoms with Gasteiger partial charge in [0.25, 0.3) is 0 Å². The first-order chi connectivity index (χ1) is 12.5. The normalized spacial score (nSPS) is 28.0. The van der Waals surface area contributed by atoms with Crippen LogP contribution in [0.25, 0.3) is 0 Å². The zero-order valence-electron chi connectivity index (χ0n) is 15.4. The van der Waals surface area contributed by atoms with Crippen LogP contribution in [0.15, 0.2) is 24.4 Å². The highest BCUT2D eigenvalue weighted by molar-refractivity contribution is 5.89. The fourth-order valence-electron chi connectivity index (χ4n) is 4.35. The molecule has 1 N–H and O–H groups in total. The van der Waals surface area contributed by atoms with Crippen molar-refractivity contribution in [3.8, 4) is 0 Å². The lowest BCUT2D eigenvalue weighted by molar-refractivity contribution is -0.0987. The third-order valence-corrected chi connectivity index (χ3v) is 5.40. The Morgan fingerprint density at radius 1 is 1.42 bits per heavy atom. The van der Waals surface area contributed by atoms with E-state index in [1.807, 2.05) is 31.4 Å². The quantitative estimate of drug-likeness (QED) is 0.828. The summed E-state index contributed by atoms with van der Waals surface area (Å²) in [5.41, 5.74) is 3.51. The van der Waals surface area contributed by atoms with E-state index in [9.17, 15) is 4.79 Å². The second-order valence-electron chi connectivity index (χ2n) is 7.30. The van der Waals surface area contributed by atoms with Gasteiger partial charge in [-0.05, 0) is 43.0 Å².